The summed E-state index contributed by atoms with van der Waals surface area (Å²) < 4.78 is 138. The van der Waals surface area contributed by atoms with Gasteiger partial charge < -0.3 is 33.5 Å². The first-order chi connectivity index (χ1) is 20.0. The predicted octanol–water partition coefficient (Wildman–Crippen LogP) is -3.38. The zero-order valence-corrected chi connectivity index (χ0v) is 24.7. The molecule has 2 aliphatic rings. The molecular weight excluding hydrogens is 678 g/mol. The molecule has 1 fully saturated rings. The first kappa shape index (κ1) is 37.1. The topological polar surface area (TPSA) is 337 Å². The molecule has 44 heavy (non-hydrogen) atoms. The number of carboxylic acids is 1. The number of carboxylic acid groups (broad SMARTS) is 1. The quantitative estimate of drug-likeness (QED) is 0.0709. The molecule has 0 amide bonds. The lowest BCUT2D eigenvalue weighted by Gasteiger charge is -2.46. The molecule has 0 aliphatic carbocycles. The van der Waals surface area contributed by atoms with Gasteiger partial charge in [-0.25, -0.2) is 13.2 Å². The third-order valence-corrected chi connectivity index (χ3v) is 6.55. The van der Waals surface area contributed by atoms with E-state index >= 15 is 0 Å². The van der Waals surface area contributed by atoms with Crippen molar-refractivity contribution in [3.05, 3.63) is 11.8 Å². The van der Waals surface area contributed by atoms with E-state index in [9.17, 15) is 58.6 Å². The Labute approximate surface area is 248 Å². The molecule has 2 heterocycles. The van der Waals surface area contributed by atoms with Gasteiger partial charge in [0, 0.05) is 26.8 Å². The van der Waals surface area contributed by atoms with Gasteiger partial charge in [0.25, 0.3) is 0 Å². The molecule has 5 N–H and O–H groups in total. The normalized spacial score (nSPS) is 29.5. The molecule has 26 heteroatoms. The smallest absolute Gasteiger partial charge is 0.397 e. The predicted molar refractivity (Wildman–Crippen MR) is 129 cm³/mol. The van der Waals surface area contributed by atoms with E-state index in [0.717, 1.165) is 20.8 Å². The Bertz CT molecular complexity index is 1470. The van der Waals surface area contributed by atoms with Gasteiger partial charge in [0.05, 0.1) is 6.61 Å². The van der Waals surface area contributed by atoms with Crippen molar-refractivity contribution < 1.29 is 100.0 Å². The first-order valence-corrected chi connectivity index (χ1v) is 15.6. The van der Waals surface area contributed by atoms with Crippen LogP contribution in [0.3, 0.4) is 0 Å². The highest BCUT2D eigenvalue weighted by Gasteiger charge is 2.55. The minimum absolute atomic E-state index is 0.527. The molecule has 2 aliphatic heterocycles. The van der Waals surface area contributed by atoms with Crippen LogP contribution in [0.2, 0.25) is 0 Å². The van der Waals surface area contributed by atoms with Crippen LogP contribution in [0.15, 0.2) is 11.8 Å². The molecule has 2 rings (SSSR count). The van der Waals surface area contributed by atoms with E-state index in [2.05, 4.69) is 8.37 Å². The van der Waals surface area contributed by atoms with E-state index in [4.69, 9.17) is 33.0 Å². The van der Waals surface area contributed by atoms with Crippen LogP contribution in [-0.2, 0) is 87.1 Å². The average Bonchev–Trinajstić information content (AvgIpc) is 2.80. The summed E-state index contributed by atoms with van der Waals surface area (Å²) in [4.78, 5) is 47.1. The average molecular weight is 704 g/mol. The molecule has 0 saturated carbocycles. The van der Waals surface area contributed by atoms with Crippen molar-refractivity contribution >= 4 is 55.0 Å². The first-order valence-electron chi connectivity index (χ1n) is 11.4. The number of carbonyl (C=O) groups is 4. The monoisotopic (exact) mass is 703 g/mol. The van der Waals surface area contributed by atoms with E-state index in [1.165, 1.54) is 4.72 Å². The van der Waals surface area contributed by atoms with Gasteiger partial charge in [0.1, 0.15) is 18.2 Å². The fraction of sp³-hybridized carbons (Fsp3) is 0.667. The summed E-state index contributed by atoms with van der Waals surface area (Å²) in [6.45, 7) is 1.02. The van der Waals surface area contributed by atoms with Crippen molar-refractivity contribution in [1.82, 2.24) is 4.72 Å². The Morgan fingerprint density at radius 2 is 1.39 bits per heavy atom. The van der Waals surface area contributed by atoms with Crippen molar-refractivity contribution in [3.8, 4) is 0 Å². The maximum atomic E-state index is 12.0. The van der Waals surface area contributed by atoms with Crippen molar-refractivity contribution in [2.45, 2.75) is 69.9 Å². The lowest BCUT2D eigenvalue weighted by atomic mass is 9.96. The van der Waals surface area contributed by atoms with Gasteiger partial charge in [-0.2, -0.15) is 30.0 Å². The Morgan fingerprint density at radius 3 is 1.84 bits per heavy atom. The molecule has 8 atom stereocenters. The zero-order valence-electron chi connectivity index (χ0n) is 22.3. The number of hydrogen-bond donors (Lipinski definition) is 5. The number of aliphatic carboxylic acids is 1. The molecule has 0 unspecified atom stereocenters. The van der Waals surface area contributed by atoms with Gasteiger partial charge in [-0.1, -0.05) is 0 Å². The molecule has 0 bridgehead atoms. The number of esters is 3. The van der Waals surface area contributed by atoms with Gasteiger partial charge in [0.15, 0.2) is 18.3 Å². The Kier molecular flexibility index (Phi) is 12.1. The van der Waals surface area contributed by atoms with Gasteiger partial charge in [-0.05, 0) is 0 Å². The molecular formula is C18H25NO22S3. The highest BCUT2D eigenvalue weighted by Crippen LogP contribution is 2.33. The van der Waals surface area contributed by atoms with E-state index in [-0.39, 0.29) is 0 Å². The van der Waals surface area contributed by atoms with Crippen molar-refractivity contribution in [1.29, 1.82) is 0 Å². The second-order valence-corrected chi connectivity index (χ2v) is 11.9. The number of hydrogen-bond acceptors (Lipinski definition) is 18. The highest BCUT2D eigenvalue weighted by atomic mass is 32.3. The maximum absolute atomic E-state index is 12.0. The van der Waals surface area contributed by atoms with Crippen LogP contribution in [0.1, 0.15) is 20.8 Å². The summed E-state index contributed by atoms with van der Waals surface area (Å²) in [6.07, 6.45) is -15.0. The molecule has 0 aromatic carbocycles. The third-order valence-electron chi connectivity index (χ3n) is 5.08. The van der Waals surface area contributed by atoms with Gasteiger partial charge in [-0.3, -0.25) is 28.0 Å². The van der Waals surface area contributed by atoms with E-state index in [0.29, 0.717) is 6.08 Å². The number of carbonyl (C=O) groups excluding carboxylic acids is 3. The number of rotatable bonds is 13. The second kappa shape index (κ2) is 14.4. The Balaban J connectivity index is 2.75. The molecule has 0 aromatic heterocycles. The maximum Gasteiger partial charge on any atom is 0.397 e. The van der Waals surface area contributed by atoms with Crippen molar-refractivity contribution in [3.63, 3.8) is 0 Å². The molecule has 1 saturated heterocycles. The summed E-state index contributed by atoms with van der Waals surface area (Å²) in [7, 11) is -16.1. The summed E-state index contributed by atoms with van der Waals surface area (Å²) in [5.74, 6) is -6.54. The summed E-state index contributed by atoms with van der Waals surface area (Å²) >= 11 is 0. The largest absolute Gasteiger partial charge is 0.475 e. The van der Waals surface area contributed by atoms with Gasteiger partial charge in [-0.15, -0.1) is 0 Å². The van der Waals surface area contributed by atoms with Crippen LogP contribution in [0.5, 0.6) is 0 Å². The number of nitrogens with one attached hydrogen (secondary N) is 1. The zero-order chi connectivity index (χ0) is 33.8. The molecule has 0 spiro atoms. The minimum atomic E-state index is -5.50. The van der Waals surface area contributed by atoms with Crippen LogP contribution in [-0.4, -0.2) is 124 Å². The van der Waals surface area contributed by atoms with Crippen molar-refractivity contribution in [2.75, 3.05) is 6.61 Å². The minimum Gasteiger partial charge on any atom is -0.475 e. The highest BCUT2D eigenvalue weighted by molar-refractivity contribution is 7.83. The summed E-state index contributed by atoms with van der Waals surface area (Å²) in [6, 6.07) is -2.17. The third kappa shape index (κ3) is 11.8. The molecule has 252 valence electrons. The van der Waals surface area contributed by atoms with E-state index in [1.807, 2.05) is 0 Å². The summed E-state index contributed by atoms with van der Waals surface area (Å²) in [5, 5.41) is 9.46. The molecule has 0 radical (unpaired) electrons. The Morgan fingerprint density at radius 1 is 0.818 bits per heavy atom. The van der Waals surface area contributed by atoms with E-state index in [1.54, 1.807) is 0 Å². The lowest BCUT2D eigenvalue weighted by Crippen LogP contribution is -2.67. The second-order valence-electron chi connectivity index (χ2n) is 8.54. The Hall–Kier alpha value is -3.05. The molecule has 0 aromatic rings. The van der Waals surface area contributed by atoms with Crippen LogP contribution in [0.25, 0.3) is 0 Å². The van der Waals surface area contributed by atoms with E-state index < -0.39 is 116 Å². The van der Waals surface area contributed by atoms with Crippen LogP contribution < -0.4 is 4.72 Å². The lowest BCUT2D eigenvalue weighted by molar-refractivity contribution is -0.307. The van der Waals surface area contributed by atoms with Gasteiger partial charge >= 0.3 is 55.0 Å². The van der Waals surface area contributed by atoms with Gasteiger partial charge in [0.2, 0.25) is 18.3 Å². The fourth-order valence-electron chi connectivity index (χ4n) is 3.79. The summed E-state index contributed by atoms with van der Waals surface area (Å²) in [5.41, 5.74) is 0. The standard InChI is InChI=1S/C18H25NO22S3/c1-6(20)35-9-4-10(16(23)24)38-18(14(9)41-44(31,32)33)40-13-11(5-34-43(28,29)30)39-17(37-8(3)22)12(19-42(25,26)27)15(13)36-7(2)21/h4,9,11-15,17-19H,5H2,1-3H3,(H,23,24)(H,25,26,27)(H,28,29,30)(H,31,32,33)/t9-,11+,12+,13+,14+,15+,17-,18-/m0/s1. The van der Waals surface area contributed by atoms with Crippen LogP contribution in [0, 0.1) is 0 Å². The van der Waals surface area contributed by atoms with Crippen LogP contribution in [0.4, 0.5) is 0 Å². The molecule has 23 nitrogen and oxygen atoms in total. The fourth-order valence-corrected chi connectivity index (χ4v) is 5.17. The van der Waals surface area contributed by atoms with Crippen molar-refractivity contribution in [2.24, 2.45) is 0 Å². The van der Waals surface area contributed by atoms with Crippen LogP contribution >= 0.6 is 0 Å². The number of ether oxygens (including phenoxy) is 6. The SMILES string of the molecule is CC(=O)O[C@H]1O[C@H](COS(=O)(=O)O)[C@@H](O[C@@H]2OC(C(=O)O)=C[C@H](OC(C)=O)[C@H]2OS(=O)(=O)O)[C@H](OC(C)=O)[C@H]1NS(=O)(=O)O.